The Morgan fingerprint density at radius 2 is 1.90 bits per heavy atom. The first kappa shape index (κ1) is 17.5. The van der Waals surface area contributed by atoms with E-state index in [2.05, 4.69) is 21.2 Å². The average Bonchev–Trinajstić information content (AvgIpc) is 2.38. The van der Waals surface area contributed by atoms with Gasteiger partial charge in [0.25, 0.3) is 0 Å². The number of nitrogens with one attached hydrogen (secondary N) is 1. The van der Waals surface area contributed by atoms with E-state index in [1.165, 1.54) is 0 Å². The summed E-state index contributed by atoms with van der Waals surface area (Å²) in [5.74, 6) is 0.149. The van der Waals surface area contributed by atoms with Gasteiger partial charge in [0.1, 0.15) is 6.61 Å². The van der Waals surface area contributed by atoms with Gasteiger partial charge in [-0.2, -0.15) is 13.2 Å². The molecule has 20 heavy (non-hydrogen) atoms. The number of alkyl halides is 3. The predicted octanol–water partition coefficient (Wildman–Crippen LogP) is 4.11. The van der Waals surface area contributed by atoms with Crippen LogP contribution in [0.25, 0.3) is 0 Å². The fourth-order valence-electron chi connectivity index (χ4n) is 1.85. The molecule has 1 N–H and O–H groups in total. The Morgan fingerprint density at radius 3 is 2.45 bits per heavy atom. The van der Waals surface area contributed by atoms with Crippen LogP contribution in [0.5, 0.6) is 0 Å². The highest BCUT2D eigenvalue weighted by atomic mass is 79.9. The standard InChI is InChI=1S/C14H19BrF3NO/c1-2-19-9-12(7-8-20-10-14(16,17)18)11-3-5-13(15)6-4-11/h3-6,12,19H,2,7-10H2,1H3. The lowest BCUT2D eigenvalue weighted by Crippen LogP contribution is -2.23. The quantitative estimate of drug-likeness (QED) is 0.710. The molecular weight excluding hydrogens is 335 g/mol. The van der Waals surface area contributed by atoms with Crippen LogP contribution >= 0.6 is 15.9 Å². The second kappa shape index (κ2) is 8.64. The fourth-order valence-corrected chi connectivity index (χ4v) is 2.12. The third kappa shape index (κ3) is 7.26. The van der Waals surface area contributed by atoms with E-state index in [1.54, 1.807) is 0 Å². The molecule has 1 atom stereocenters. The van der Waals surface area contributed by atoms with Crippen molar-refractivity contribution < 1.29 is 17.9 Å². The summed E-state index contributed by atoms with van der Waals surface area (Å²) in [4.78, 5) is 0. The molecule has 0 bridgehead atoms. The Bertz CT molecular complexity index is 381. The van der Waals surface area contributed by atoms with Gasteiger partial charge in [0.15, 0.2) is 0 Å². The first-order valence-electron chi connectivity index (χ1n) is 6.53. The van der Waals surface area contributed by atoms with Gasteiger partial charge in [0.2, 0.25) is 0 Å². The van der Waals surface area contributed by atoms with E-state index >= 15 is 0 Å². The van der Waals surface area contributed by atoms with Crippen LogP contribution in [0.15, 0.2) is 28.7 Å². The van der Waals surface area contributed by atoms with Crippen molar-refractivity contribution in [3.63, 3.8) is 0 Å². The number of hydrogen-bond donors (Lipinski definition) is 1. The summed E-state index contributed by atoms with van der Waals surface area (Å²) >= 11 is 3.37. The molecule has 0 heterocycles. The Hall–Kier alpha value is -0.590. The highest BCUT2D eigenvalue weighted by Gasteiger charge is 2.27. The molecule has 0 aromatic heterocycles. The van der Waals surface area contributed by atoms with E-state index in [9.17, 15) is 13.2 Å². The maximum absolute atomic E-state index is 12.0. The number of hydrogen-bond acceptors (Lipinski definition) is 2. The second-order valence-electron chi connectivity index (χ2n) is 4.51. The van der Waals surface area contributed by atoms with E-state index in [4.69, 9.17) is 4.74 Å². The van der Waals surface area contributed by atoms with Crippen LogP contribution in [0.4, 0.5) is 13.2 Å². The number of rotatable bonds is 8. The molecule has 114 valence electrons. The number of benzene rings is 1. The largest absolute Gasteiger partial charge is 0.411 e. The molecular formula is C14H19BrF3NO. The molecule has 1 rings (SSSR count). The van der Waals surface area contributed by atoms with E-state index in [0.29, 0.717) is 6.42 Å². The maximum atomic E-state index is 12.0. The van der Waals surface area contributed by atoms with Crippen molar-refractivity contribution in [1.82, 2.24) is 5.32 Å². The van der Waals surface area contributed by atoms with Crippen LogP contribution in [0.2, 0.25) is 0 Å². The lowest BCUT2D eigenvalue weighted by Gasteiger charge is -2.18. The van der Waals surface area contributed by atoms with Crippen LogP contribution in [0, 0.1) is 0 Å². The maximum Gasteiger partial charge on any atom is 0.411 e. The molecule has 0 aliphatic heterocycles. The normalized spacial score (nSPS) is 13.4. The van der Waals surface area contributed by atoms with E-state index in [0.717, 1.165) is 23.1 Å². The summed E-state index contributed by atoms with van der Waals surface area (Å²) in [6.45, 7) is 2.48. The van der Waals surface area contributed by atoms with Crippen molar-refractivity contribution in [1.29, 1.82) is 0 Å². The lowest BCUT2D eigenvalue weighted by atomic mass is 9.96. The lowest BCUT2D eigenvalue weighted by molar-refractivity contribution is -0.174. The van der Waals surface area contributed by atoms with Gasteiger partial charge < -0.3 is 10.1 Å². The molecule has 1 aromatic rings. The molecule has 1 unspecified atom stereocenters. The van der Waals surface area contributed by atoms with E-state index in [-0.39, 0.29) is 12.5 Å². The highest BCUT2D eigenvalue weighted by molar-refractivity contribution is 9.10. The van der Waals surface area contributed by atoms with Crippen molar-refractivity contribution in [2.75, 3.05) is 26.3 Å². The molecule has 0 amide bonds. The summed E-state index contributed by atoms with van der Waals surface area (Å²) < 4.78 is 41.7. The Kier molecular flexibility index (Phi) is 7.55. The minimum atomic E-state index is -4.26. The van der Waals surface area contributed by atoms with E-state index in [1.807, 2.05) is 31.2 Å². The minimum Gasteiger partial charge on any atom is -0.372 e. The van der Waals surface area contributed by atoms with Gasteiger partial charge >= 0.3 is 6.18 Å². The zero-order chi connectivity index (χ0) is 15.0. The fraction of sp³-hybridized carbons (Fsp3) is 0.571. The van der Waals surface area contributed by atoms with Gasteiger partial charge in [-0.05, 0) is 36.6 Å². The minimum absolute atomic E-state index is 0.103. The molecule has 0 aliphatic rings. The summed E-state index contributed by atoms with van der Waals surface area (Å²) in [6, 6.07) is 7.83. The summed E-state index contributed by atoms with van der Waals surface area (Å²) in [5.41, 5.74) is 1.10. The van der Waals surface area contributed by atoms with Crippen LogP contribution in [0.1, 0.15) is 24.8 Å². The van der Waals surface area contributed by atoms with Crippen molar-refractivity contribution in [2.45, 2.75) is 25.4 Å². The highest BCUT2D eigenvalue weighted by Crippen LogP contribution is 2.22. The summed E-state index contributed by atoms with van der Waals surface area (Å²) in [6.07, 6.45) is -3.69. The third-order valence-electron chi connectivity index (χ3n) is 2.86. The zero-order valence-electron chi connectivity index (χ0n) is 11.3. The zero-order valence-corrected chi connectivity index (χ0v) is 12.9. The van der Waals surface area contributed by atoms with Gasteiger partial charge in [0, 0.05) is 17.6 Å². The third-order valence-corrected chi connectivity index (χ3v) is 3.39. The van der Waals surface area contributed by atoms with Crippen LogP contribution in [0.3, 0.4) is 0 Å². The van der Waals surface area contributed by atoms with Crippen molar-refractivity contribution in [3.05, 3.63) is 34.3 Å². The molecule has 0 saturated heterocycles. The van der Waals surface area contributed by atoms with Crippen LogP contribution < -0.4 is 5.32 Å². The molecule has 6 heteroatoms. The molecule has 0 radical (unpaired) electrons. The molecule has 0 saturated carbocycles. The Balaban J connectivity index is 2.49. The Morgan fingerprint density at radius 1 is 1.25 bits per heavy atom. The number of ether oxygens (including phenoxy) is 1. The predicted molar refractivity (Wildman–Crippen MR) is 76.9 cm³/mol. The summed E-state index contributed by atoms with van der Waals surface area (Å²) in [7, 11) is 0. The number of likely N-dealkylation sites (N-methyl/N-ethyl adjacent to an activating group) is 1. The van der Waals surface area contributed by atoms with Crippen molar-refractivity contribution in [3.8, 4) is 0 Å². The smallest absolute Gasteiger partial charge is 0.372 e. The van der Waals surface area contributed by atoms with Gasteiger partial charge in [0.05, 0.1) is 0 Å². The molecule has 0 aliphatic carbocycles. The first-order valence-corrected chi connectivity index (χ1v) is 7.32. The Labute approximate surface area is 125 Å². The summed E-state index contributed by atoms with van der Waals surface area (Å²) in [5, 5.41) is 3.23. The van der Waals surface area contributed by atoms with Gasteiger partial charge in [-0.3, -0.25) is 0 Å². The molecule has 1 aromatic carbocycles. The van der Waals surface area contributed by atoms with E-state index < -0.39 is 12.8 Å². The van der Waals surface area contributed by atoms with Gasteiger partial charge in [-0.15, -0.1) is 0 Å². The van der Waals surface area contributed by atoms with Crippen LogP contribution in [-0.2, 0) is 4.74 Å². The van der Waals surface area contributed by atoms with Crippen LogP contribution in [-0.4, -0.2) is 32.5 Å². The van der Waals surface area contributed by atoms with Gasteiger partial charge in [-0.25, -0.2) is 0 Å². The van der Waals surface area contributed by atoms with Crippen molar-refractivity contribution >= 4 is 15.9 Å². The number of halogens is 4. The second-order valence-corrected chi connectivity index (χ2v) is 5.43. The monoisotopic (exact) mass is 353 g/mol. The molecule has 0 spiro atoms. The average molecular weight is 354 g/mol. The van der Waals surface area contributed by atoms with Crippen molar-refractivity contribution in [2.24, 2.45) is 0 Å². The van der Waals surface area contributed by atoms with Gasteiger partial charge in [-0.1, -0.05) is 35.0 Å². The first-order chi connectivity index (χ1) is 9.42. The molecule has 2 nitrogen and oxygen atoms in total. The molecule has 0 fully saturated rings. The SMILES string of the molecule is CCNCC(CCOCC(F)(F)F)c1ccc(Br)cc1. The topological polar surface area (TPSA) is 21.3 Å².